The molecule has 1 amide bonds. The van der Waals surface area contributed by atoms with Crippen molar-refractivity contribution in [2.75, 3.05) is 25.6 Å². The lowest BCUT2D eigenvalue weighted by Gasteiger charge is -2.16. The van der Waals surface area contributed by atoms with Gasteiger partial charge in [-0.05, 0) is 32.0 Å². The first-order valence-corrected chi connectivity index (χ1v) is 8.53. The van der Waals surface area contributed by atoms with Crippen LogP contribution in [0.3, 0.4) is 0 Å². The number of aliphatic hydroxyl groups is 1. The van der Waals surface area contributed by atoms with E-state index in [0.717, 1.165) is 16.8 Å². The zero-order valence-electron chi connectivity index (χ0n) is 15.4. The molecule has 0 fully saturated rings. The number of methoxy groups -OCH3 is 1. The summed E-state index contributed by atoms with van der Waals surface area (Å²) in [5, 5.41) is 15.3. The molecule has 26 heavy (non-hydrogen) atoms. The molecule has 3 N–H and O–H groups in total. The summed E-state index contributed by atoms with van der Waals surface area (Å²) in [6.45, 7) is 4.54. The number of aliphatic hydroxyl groups excluding tert-OH is 1. The quantitative estimate of drug-likeness (QED) is 0.642. The average Bonchev–Trinajstić information content (AvgIpc) is 2.62. The van der Waals surface area contributed by atoms with E-state index in [9.17, 15) is 9.90 Å². The van der Waals surface area contributed by atoms with Gasteiger partial charge in [-0.3, -0.25) is 4.79 Å². The van der Waals surface area contributed by atoms with Gasteiger partial charge in [0, 0.05) is 24.3 Å². The summed E-state index contributed by atoms with van der Waals surface area (Å²) in [4.78, 5) is 12.2. The number of benzene rings is 2. The van der Waals surface area contributed by atoms with Crippen molar-refractivity contribution in [1.29, 1.82) is 0 Å². The molecule has 0 saturated carbocycles. The van der Waals surface area contributed by atoms with Gasteiger partial charge in [0.15, 0.2) is 18.1 Å². The second-order valence-corrected chi connectivity index (χ2v) is 6.13. The maximum absolute atomic E-state index is 12.2. The van der Waals surface area contributed by atoms with Gasteiger partial charge in [-0.2, -0.15) is 0 Å². The highest BCUT2D eigenvalue weighted by atomic mass is 16.5. The molecule has 0 saturated heterocycles. The molecular weight excluding hydrogens is 332 g/mol. The van der Waals surface area contributed by atoms with Crippen molar-refractivity contribution in [2.24, 2.45) is 0 Å². The number of amides is 1. The SMILES string of the molecule is COc1cccc(CNC[C@@H](C)O)c1OCC(=O)Nc1ccc(C)cc1. The monoisotopic (exact) mass is 358 g/mol. The molecule has 0 aromatic heterocycles. The summed E-state index contributed by atoms with van der Waals surface area (Å²) in [5.41, 5.74) is 2.71. The maximum Gasteiger partial charge on any atom is 0.262 e. The van der Waals surface area contributed by atoms with Crippen LogP contribution < -0.4 is 20.1 Å². The molecule has 0 aliphatic rings. The number of nitrogens with one attached hydrogen (secondary N) is 2. The number of hydrogen-bond donors (Lipinski definition) is 3. The minimum Gasteiger partial charge on any atom is -0.493 e. The number of aryl methyl sites for hydroxylation is 1. The van der Waals surface area contributed by atoms with Crippen molar-refractivity contribution < 1.29 is 19.4 Å². The smallest absolute Gasteiger partial charge is 0.262 e. The highest BCUT2D eigenvalue weighted by Crippen LogP contribution is 2.31. The van der Waals surface area contributed by atoms with Crippen molar-refractivity contribution in [3.05, 3.63) is 53.6 Å². The van der Waals surface area contributed by atoms with Gasteiger partial charge in [-0.25, -0.2) is 0 Å². The Labute approximate surface area is 154 Å². The predicted molar refractivity (Wildman–Crippen MR) is 102 cm³/mol. The van der Waals surface area contributed by atoms with Crippen LogP contribution in [0.4, 0.5) is 5.69 Å². The van der Waals surface area contributed by atoms with Crippen LogP contribution in [0.15, 0.2) is 42.5 Å². The van der Waals surface area contributed by atoms with Gasteiger partial charge in [-0.1, -0.05) is 29.8 Å². The van der Waals surface area contributed by atoms with Crippen LogP contribution in [0.5, 0.6) is 11.5 Å². The molecule has 6 heteroatoms. The number of ether oxygens (including phenoxy) is 2. The average molecular weight is 358 g/mol. The standard InChI is InChI=1S/C20H26N2O4/c1-14-7-9-17(10-8-14)22-19(24)13-26-20-16(12-21-11-15(2)23)5-4-6-18(20)25-3/h4-10,15,21,23H,11-13H2,1-3H3,(H,22,24)/t15-/m1/s1. The minimum atomic E-state index is -0.440. The summed E-state index contributed by atoms with van der Waals surface area (Å²) < 4.78 is 11.1. The van der Waals surface area contributed by atoms with E-state index in [1.807, 2.05) is 43.3 Å². The van der Waals surface area contributed by atoms with E-state index in [-0.39, 0.29) is 12.5 Å². The molecule has 6 nitrogen and oxygen atoms in total. The summed E-state index contributed by atoms with van der Waals surface area (Å²) in [6.07, 6.45) is -0.440. The first-order chi connectivity index (χ1) is 12.5. The van der Waals surface area contributed by atoms with E-state index >= 15 is 0 Å². The molecule has 1 atom stereocenters. The van der Waals surface area contributed by atoms with Crippen molar-refractivity contribution in [3.63, 3.8) is 0 Å². The Bertz CT molecular complexity index is 714. The third kappa shape index (κ3) is 6.06. The molecule has 0 aliphatic carbocycles. The zero-order valence-corrected chi connectivity index (χ0v) is 15.4. The maximum atomic E-state index is 12.2. The Morgan fingerprint density at radius 1 is 1.19 bits per heavy atom. The number of hydrogen-bond acceptors (Lipinski definition) is 5. The Morgan fingerprint density at radius 2 is 1.92 bits per heavy atom. The van der Waals surface area contributed by atoms with Gasteiger partial charge >= 0.3 is 0 Å². The third-order valence-electron chi connectivity index (χ3n) is 3.72. The van der Waals surface area contributed by atoms with Crippen molar-refractivity contribution in [2.45, 2.75) is 26.5 Å². The molecule has 140 valence electrons. The van der Waals surface area contributed by atoms with Gasteiger partial charge in [0.05, 0.1) is 13.2 Å². The molecule has 0 unspecified atom stereocenters. The molecule has 0 bridgehead atoms. The van der Waals surface area contributed by atoms with Crippen molar-refractivity contribution in [1.82, 2.24) is 5.32 Å². The van der Waals surface area contributed by atoms with Crippen LogP contribution >= 0.6 is 0 Å². The predicted octanol–water partition coefficient (Wildman–Crippen LogP) is 2.49. The van der Waals surface area contributed by atoms with Crippen molar-refractivity contribution >= 4 is 11.6 Å². The summed E-state index contributed by atoms with van der Waals surface area (Å²) in [7, 11) is 1.56. The molecule has 2 rings (SSSR count). The fourth-order valence-corrected chi connectivity index (χ4v) is 2.41. The molecule has 0 aliphatic heterocycles. The number of para-hydroxylation sites is 1. The Morgan fingerprint density at radius 3 is 2.58 bits per heavy atom. The zero-order chi connectivity index (χ0) is 18.9. The lowest BCUT2D eigenvalue weighted by atomic mass is 10.2. The van der Waals surface area contributed by atoms with Gasteiger partial charge in [-0.15, -0.1) is 0 Å². The van der Waals surface area contributed by atoms with Gasteiger partial charge in [0.25, 0.3) is 5.91 Å². The number of carbonyl (C=O) groups excluding carboxylic acids is 1. The van der Waals surface area contributed by atoms with Crippen LogP contribution in [0.25, 0.3) is 0 Å². The largest absolute Gasteiger partial charge is 0.493 e. The number of rotatable bonds is 9. The second-order valence-electron chi connectivity index (χ2n) is 6.13. The lowest BCUT2D eigenvalue weighted by Crippen LogP contribution is -2.25. The van der Waals surface area contributed by atoms with Crippen LogP contribution in [0.2, 0.25) is 0 Å². The highest BCUT2D eigenvalue weighted by Gasteiger charge is 2.13. The van der Waals surface area contributed by atoms with Crippen LogP contribution in [-0.2, 0) is 11.3 Å². The fourth-order valence-electron chi connectivity index (χ4n) is 2.41. The Kier molecular flexibility index (Phi) is 7.44. The molecule has 0 spiro atoms. The topological polar surface area (TPSA) is 79.8 Å². The normalized spacial score (nSPS) is 11.7. The van der Waals surface area contributed by atoms with Crippen LogP contribution in [0.1, 0.15) is 18.1 Å². The van der Waals surface area contributed by atoms with E-state index in [4.69, 9.17) is 9.47 Å². The first-order valence-electron chi connectivity index (χ1n) is 8.53. The molecule has 2 aromatic rings. The highest BCUT2D eigenvalue weighted by molar-refractivity contribution is 5.91. The van der Waals surface area contributed by atoms with E-state index in [2.05, 4.69) is 10.6 Å². The van der Waals surface area contributed by atoms with E-state index in [1.54, 1.807) is 20.1 Å². The molecule has 2 aromatic carbocycles. The summed E-state index contributed by atoms with van der Waals surface area (Å²) in [5.74, 6) is 0.833. The van der Waals surface area contributed by atoms with E-state index in [1.165, 1.54) is 0 Å². The minimum absolute atomic E-state index is 0.127. The third-order valence-corrected chi connectivity index (χ3v) is 3.72. The van der Waals surface area contributed by atoms with Gasteiger partial charge in [0.1, 0.15) is 0 Å². The van der Waals surface area contributed by atoms with Crippen LogP contribution in [0, 0.1) is 6.92 Å². The lowest BCUT2D eigenvalue weighted by molar-refractivity contribution is -0.118. The molecular formula is C20H26N2O4. The Hall–Kier alpha value is -2.57. The van der Waals surface area contributed by atoms with Gasteiger partial charge < -0.3 is 25.2 Å². The number of anilines is 1. The summed E-state index contributed by atoms with van der Waals surface area (Å²) >= 11 is 0. The van der Waals surface area contributed by atoms with Crippen molar-refractivity contribution in [3.8, 4) is 11.5 Å². The molecule has 0 heterocycles. The first kappa shape index (κ1) is 19.8. The van der Waals surface area contributed by atoms with Crippen LogP contribution in [-0.4, -0.2) is 37.4 Å². The second kappa shape index (κ2) is 9.79. The number of carbonyl (C=O) groups is 1. The summed E-state index contributed by atoms with van der Waals surface area (Å²) in [6, 6.07) is 13.1. The Balaban J connectivity index is 2.00. The van der Waals surface area contributed by atoms with E-state index < -0.39 is 6.10 Å². The molecule has 0 radical (unpaired) electrons. The van der Waals surface area contributed by atoms with Gasteiger partial charge in [0.2, 0.25) is 0 Å². The fraction of sp³-hybridized carbons (Fsp3) is 0.350. The van der Waals surface area contributed by atoms with E-state index in [0.29, 0.717) is 24.6 Å².